The highest BCUT2D eigenvalue weighted by Gasteiger charge is 2.03. The molecule has 0 aliphatic rings. The maximum atomic E-state index is 12.7. The van der Waals surface area contributed by atoms with Gasteiger partial charge in [-0.3, -0.25) is 4.99 Å². The summed E-state index contributed by atoms with van der Waals surface area (Å²) in [6.07, 6.45) is 0. The van der Waals surface area contributed by atoms with Gasteiger partial charge in [0.1, 0.15) is 5.82 Å². The molecule has 0 unspecified atom stereocenters. The van der Waals surface area contributed by atoms with E-state index in [1.165, 1.54) is 12.1 Å². The van der Waals surface area contributed by atoms with Gasteiger partial charge in [-0.2, -0.15) is 0 Å². The van der Waals surface area contributed by atoms with Crippen molar-refractivity contribution >= 4 is 17.7 Å². The molecule has 0 atom stereocenters. The number of nitrogens with zero attached hydrogens (tertiary/aromatic N) is 3. The molecule has 0 saturated heterocycles. The summed E-state index contributed by atoms with van der Waals surface area (Å²) in [7, 11) is 7.91. The summed E-state index contributed by atoms with van der Waals surface area (Å²) < 4.78 is 12.7. The lowest BCUT2D eigenvalue weighted by Crippen LogP contribution is -2.35. The largest absolute Gasteiger partial charge is 0.349 e. The SMILES string of the molecule is CN(C)C(=NCCSc1ccc(F)cc1)N(C)C. The van der Waals surface area contributed by atoms with Crippen molar-refractivity contribution in [3.05, 3.63) is 30.1 Å². The maximum absolute atomic E-state index is 12.7. The van der Waals surface area contributed by atoms with E-state index in [-0.39, 0.29) is 5.82 Å². The van der Waals surface area contributed by atoms with Crippen molar-refractivity contribution in [3.8, 4) is 0 Å². The van der Waals surface area contributed by atoms with Crippen molar-refractivity contribution in [3.63, 3.8) is 0 Å². The highest BCUT2D eigenvalue weighted by molar-refractivity contribution is 7.99. The predicted octanol–water partition coefficient (Wildman–Crippen LogP) is 2.40. The van der Waals surface area contributed by atoms with E-state index in [0.717, 1.165) is 23.2 Å². The summed E-state index contributed by atoms with van der Waals surface area (Å²) in [5.74, 6) is 1.64. The van der Waals surface area contributed by atoms with Crippen LogP contribution < -0.4 is 0 Å². The van der Waals surface area contributed by atoms with Crippen LogP contribution in [-0.4, -0.2) is 56.2 Å². The van der Waals surface area contributed by atoms with Crippen LogP contribution in [0.3, 0.4) is 0 Å². The van der Waals surface area contributed by atoms with Gasteiger partial charge in [-0.05, 0) is 24.3 Å². The molecule has 0 saturated carbocycles. The number of thioether (sulfide) groups is 1. The third kappa shape index (κ3) is 4.96. The minimum Gasteiger partial charge on any atom is -0.349 e. The first kappa shape index (κ1) is 14.8. The summed E-state index contributed by atoms with van der Waals surface area (Å²) in [5.41, 5.74) is 0. The summed E-state index contributed by atoms with van der Waals surface area (Å²) in [6.45, 7) is 0.744. The predicted molar refractivity (Wildman–Crippen MR) is 76.8 cm³/mol. The van der Waals surface area contributed by atoms with Crippen molar-refractivity contribution in [2.24, 2.45) is 4.99 Å². The molecule has 0 spiro atoms. The van der Waals surface area contributed by atoms with Crippen LogP contribution in [0.5, 0.6) is 0 Å². The molecular weight excluding hydrogens is 249 g/mol. The smallest absolute Gasteiger partial charge is 0.195 e. The Morgan fingerprint density at radius 3 is 2.17 bits per heavy atom. The highest BCUT2D eigenvalue weighted by atomic mass is 32.2. The zero-order valence-electron chi connectivity index (χ0n) is 11.4. The average molecular weight is 269 g/mol. The van der Waals surface area contributed by atoms with Crippen LogP contribution in [0.1, 0.15) is 0 Å². The molecular formula is C13H20FN3S. The van der Waals surface area contributed by atoms with Gasteiger partial charge in [0.25, 0.3) is 0 Å². The first-order chi connectivity index (χ1) is 8.50. The van der Waals surface area contributed by atoms with E-state index in [0.29, 0.717) is 0 Å². The number of hydrogen-bond donors (Lipinski definition) is 0. The average Bonchev–Trinajstić information content (AvgIpc) is 2.30. The van der Waals surface area contributed by atoms with E-state index in [2.05, 4.69) is 4.99 Å². The number of aliphatic imine (C=N–C) groups is 1. The van der Waals surface area contributed by atoms with Crippen LogP contribution in [0.15, 0.2) is 34.2 Å². The molecule has 0 N–H and O–H groups in total. The Kier molecular flexibility index (Phi) is 5.98. The quantitative estimate of drug-likeness (QED) is 0.362. The number of rotatable bonds is 4. The topological polar surface area (TPSA) is 18.8 Å². The van der Waals surface area contributed by atoms with Crippen LogP contribution in [0.4, 0.5) is 4.39 Å². The second-order valence-corrected chi connectivity index (χ2v) is 5.44. The normalized spacial score (nSPS) is 10.1. The lowest BCUT2D eigenvalue weighted by Gasteiger charge is -2.22. The summed E-state index contributed by atoms with van der Waals surface area (Å²) >= 11 is 1.68. The number of halogens is 1. The fourth-order valence-corrected chi connectivity index (χ4v) is 2.27. The molecule has 0 radical (unpaired) electrons. The summed E-state index contributed by atoms with van der Waals surface area (Å²) in [5, 5.41) is 0. The molecule has 1 aromatic rings. The lowest BCUT2D eigenvalue weighted by molar-refractivity contribution is 0.480. The van der Waals surface area contributed by atoms with Crippen molar-refractivity contribution in [2.75, 3.05) is 40.5 Å². The van der Waals surface area contributed by atoms with E-state index < -0.39 is 0 Å². The number of guanidine groups is 1. The highest BCUT2D eigenvalue weighted by Crippen LogP contribution is 2.17. The van der Waals surface area contributed by atoms with E-state index in [9.17, 15) is 4.39 Å². The molecule has 0 fully saturated rings. The molecule has 0 aliphatic heterocycles. The summed E-state index contributed by atoms with van der Waals surface area (Å²) in [6, 6.07) is 6.55. The zero-order valence-corrected chi connectivity index (χ0v) is 12.2. The van der Waals surface area contributed by atoms with E-state index >= 15 is 0 Å². The van der Waals surface area contributed by atoms with Gasteiger partial charge in [-0.25, -0.2) is 4.39 Å². The molecule has 1 rings (SSSR count). The maximum Gasteiger partial charge on any atom is 0.195 e. The zero-order chi connectivity index (χ0) is 13.5. The number of benzene rings is 1. The second-order valence-electron chi connectivity index (χ2n) is 4.27. The van der Waals surface area contributed by atoms with Gasteiger partial charge < -0.3 is 9.80 Å². The third-order valence-corrected chi connectivity index (χ3v) is 3.22. The van der Waals surface area contributed by atoms with Crippen LogP contribution >= 0.6 is 11.8 Å². The minimum atomic E-state index is -0.195. The Hall–Kier alpha value is -1.23. The molecule has 3 nitrogen and oxygen atoms in total. The molecule has 0 amide bonds. The van der Waals surface area contributed by atoms with Crippen molar-refractivity contribution in [1.29, 1.82) is 0 Å². The molecule has 0 aliphatic carbocycles. The van der Waals surface area contributed by atoms with Crippen molar-refractivity contribution in [1.82, 2.24) is 9.80 Å². The first-order valence-corrected chi connectivity index (χ1v) is 6.76. The van der Waals surface area contributed by atoms with Gasteiger partial charge in [0.15, 0.2) is 5.96 Å². The fraction of sp³-hybridized carbons (Fsp3) is 0.462. The van der Waals surface area contributed by atoms with Crippen LogP contribution in [-0.2, 0) is 0 Å². The van der Waals surface area contributed by atoms with Gasteiger partial charge in [-0.15, -0.1) is 11.8 Å². The third-order valence-electron chi connectivity index (χ3n) is 2.23. The van der Waals surface area contributed by atoms with Gasteiger partial charge in [0.2, 0.25) is 0 Å². The molecule has 0 bridgehead atoms. The van der Waals surface area contributed by atoms with Crippen molar-refractivity contribution in [2.45, 2.75) is 4.90 Å². The minimum absolute atomic E-state index is 0.195. The van der Waals surface area contributed by atoms with Crippen LogP contribution in [0, 0.1) is 5.82 Å². The lowest BCUT2D eigenvalue weighted by atomic mass is 10.4. The van der Waals surface area contributed by atoms with Gasteiger partial charge in [0, 0.05) is 38.8 Å². The van der Waals surface area contributed by atoms with E-state index in [4.69, 9.17) is 0 Å². The monoisotopic (exact) mass is 269 g/mol. The fourth-order valence-electron chi connectivity index (χ4n) is 1.52. The van der Waals surface area contributed by atoms with Crippen LogP contribution in [0.2, 0.25) is 0 Å². The van der Waals surface area contributed by atoms with Gasteiger partial charge >= 0.3 is 0 Å². The molecule has 0 aromatic heterocycles. The molecule has 1 aromatic carbocycles. The Bertz CT molecular complexity index is 378. The Labute approximate surface area is 113 Å². The van der Waals surface area contributed by atoms with Gasteiger partial charge in [-0.1, -0.05) is 0 Å². The second kappa shape index (κ2) is 7.26. The Morgan fingerprint density at radius 1 is 1.11 bits per heavy atom. The Morgan fingerprint density at radius 2 is 1.67 bits per heavy atom. The van der Waals surface area contributed by atoms with Crippen molar-refractivity contribution < 1.29 is 4.39 Å². The Balaban J connectivity index is 2.41. The molecule has 18 heavy (non-hydrogen) atoms. The molecule has 5 heteroatoms. The van der Waals surface area contributed by atoms with Crippen LogP contribution in [0.25, 0.3) is 0 Å². The molecule has 100 valence electrons. The first-order valence-electron chi connectivity index (χ1n) is 5.78. The standard InChI is InChI=1S/C13H20FN3S/c1-16(2)13(17(3)4)15-9-10-18-12-7-5-11(14)6-8-12/h5-8H,9-10H2,1-4H3. The molecule has 0 heterocycles. The van der Waals surface area contributed by atoms with E-state index in [1.807, 2.05) is 38.0 Å². The number of hydrogen-bond acceptors (Lipinski definition) is 2. The van der Waals surface area contributed by atoms with E-state index in [1.54, 1.807) is 23.9 Å². The summed E-state index contributed by atoms with van der Waals surface area (Å²) in [4.78, 5) is 9.58. The van der Waals surface area contributed by atoms with Gasteiger partial charge in [0.05, 0.1) is 6.54 Å².